The van der Waals surface area contributed by atoms with E-state index in [2.05, 4.69) is 19.2 Å². The van der Waals surface area contributed by atoms with E-state index in [0.717, 1.165) is 32.1 Å². The van der Waals surface area contributed by atoms with Crippen LogP contribution in [0.4, 0.5) is 0 Å². The zero-order valence-corrected chi connectivity index (χ0v) is 9.38. The van der Waals surface area contributed by atoms with Crippen LogP contribution in [0.15, 0.2) is 0 Å². The summed E-state index contributed by atoms with van der Waals surface area (Å²) in [6, 6.07) is 0. The topological polar surface area (TPSA) is 32.3 Å². The second kappa shape index (κ2) is 6.02. The van der Waals surface area contributed by atoms with E-state index in [1.54, 1.807) is 0 Å². The zero-order valence-electron chi connectivity index (χ0n) is 9.38. The average molecular weight is 198 g/mol. The van der Waals surface area contributed by atoms with Gasteiger partial charge in [0.25, 0.3) is 0 Å². The van der Waals surface area contributed by atoms with E-state index in [0.29, 0.717) is 12.3 Å². The van der Waals surface area contributed by atoms with Crippen molar-refractivity contribution in [2.24, 2.45) is 5.92 Å². The molecule has 0 bridgehead atoms. The van der Waals surface area contributed by atoms with Crippen LogP contribution in [0.5, 0.6) is 0 Å². The average Bonchev–Trinajstić information content (AvgIpc) is 2.66. The molecular formula is C11H22N2O. The molecule has 0 aliphatic carbocycles. The van der Waals surface area contributed by atoms with Crippen LogP contribution in [-0.4, -0.2) is 37.0 Å². The highest BCUT2D eigenvalue weighted by molar-refractivity contribution is 5.76. The van der Waals surface area contributed by atoms with E-state index in [1.807, 2.05) is 4.90 Å². The number of carbonyl (C=O) groups is 1. The van der Waals surface area contributed by atoms with Gasteiger partial charge in [-0.15, -0.1) is 0 Å². The van der Waals surface area contributed by atoms with Crippen molar-refractivity contribution in [1.29, 1.82) is 0 Å². The summed E-state index contributed by atoms with van der Waals surface area (Å²) < 4.78 is 0. The second-order valence-electron chi connectivity index (χ2n) is 4.01. The molecule has 1 atom stereocenters. The maximum atomic E-state index is 11.7. The van der Waals surface area contributed by atoms with Gasteiger partial charge in [0.2, 0.25) is 5.91 Å². The van der Waals surface area contributed by atoms with Gasteiger partial charge in [0.1, 0.15) is 0 Å². The molecule has 14 heavy (non-hydrogen) atoms. The minimum Gasteiger partial charge on any atom is -0.342 e. The van der Waals surface area contributed by atoms with Gasteiger partial charge in [-0.05, 0) is 18.9 Å². The fourth-order valence-corrected chi connectivity index (χ4v) is 1.92. The SMILES string of the molecule is CCNCCC(=O)N1CCC(CC)C1. The zero-order chi connectivity index (χ0) is 10.4. The standard InChI is InChI=1S/C11H22N2O/c1-3-10-6-8-13(9-10)11(14)5-7-12-4-2/h10,12H,3-9H2,1-2H3. The Bertz CT molecular complexity index is 182. The molecule has 82 valence electrons. The molecule has 1 N–H and O–H groups in total. The number of carbonyl (C=O) groups excluding carboxylic acids is 1. The summed E-state index contributed by atoms with van der Waals surface area (Å²) in [4.78, 5) is 13.7. The molecule has 1 aliphatic rings. The van der Waals surface area contributed by atoms with E-state index >= 15 is 0 Å². The first-order chi connectivity index (χ1) is 6.77. The quantitative estimate of drug-likeness (QED) is 0.674. The summed E-state index contributed by atoms with van der Waals surface area (Å²) in [6.45, 7) is 8.00. The maximum absolute atomic E-state index is 11.7. The maximum Gasteiger partial charge on any atom is 0.223 e. The van der Waals surface area contributed by atoms with Crippen LogP contribution in [0.3, 0.4) is 0 Å². The molecule has 0 spiro atoms. The van der Waals surface area contributed by atoms with Crippen LogP contribution < -0.4 is 5.32 Å². The molecule has 0 saturated carbocycles. The molecule has 0 aromatic carbocycles. The van der Waals surface area contributed by atoms with E-state index in [-0.39, 0.29) is 0 Å². The lowest BCUT2D eigenvalue weighted by Crippen LogP contribution is -2.31. The molecule has 0 aromatic rings. The molecule has 1 unspecified atom stereocenters. The van der Waals surface area contributed by atoms with Crippen molar-refractivity contribution in [2.75, 3.05) is 26.2 Å². The summed E-state index contributed by atoms with van der Waals surface area (Å²) in [5.74, 6) is 1.07. The smallest absolute Gasteiger partial charge is 0.223 e. The summed E-state index contributed by atoms with van der Waals surface area (Å²) in [6.07, 6.45) is 3.06. The van der Waals surface area contributed by atoms with Crippen molar-refractivity contribution in [3.05, 3.63) is 0 Å². The number of rotatable bonds is 5. The van der Waals surface area contributed by atoms with Crippen LogP contribution in [0.1, 0.15) is 33.1 Å². The third-order valence-corrected chi connectivity index (χ3v) is 2.98. The Kier molecular flexibility index (Phi) is 4.94. The monoisotopic (exact) mass is 198 g/mol. The molecule has 0 aromatic heterocycles. The largest absolute Gasteiger partial charge is 0.342 e. The minimum absolute atomic E-state index is 0.321. The van der Waals surface area contributed by atoms with E-state index in [1.165, 1.54) is 12.8 Å². The lowest BCUT2D eigenvalue weighted by molar-refractivity contribution is -0.130. The number of amides is 1. The van der Waals surface area contributed by atoms with Gasteiger partial charge in [-0.3, -0.25) is 4.79 Å². The Hall–Kier alpha value is -0.570. The molecule has 1 amide bonds. The van der Waals surface area contributed by atoms with Gasteiger partial charge in [-0.2, -0.15) is 0 Å². The van der Waals surface area contributed by atoms with Gasteiger partial charge in [0, 0.05) is 26.1 Å². The van der Waals surface area contributed by atoms with Crippen LogP contribution in [-0.2, 0) is 4.79 Å². The van der Waals surface area contributed by atoms with Crippen molar-refractivity contribution in [3.8, 4) is 0 Å². The van der Waals surface area contributed by atoms with Crippen LogP contribution in [0.25, 0.3) is 0 Å². The first-order valence-corrected chi connectivity index (χ1v) is 5.76. The van der Waals surface area contributed by atoms with Crippen LogP contribution in [0.2, 0.25) is 0 Å². The second-order valence-corrected chi connectivity index (χ2v) is 4.01. The predicted molar refractivity (Wildman–Crippen MR) is 58.1 cm³/mol. The van der Waals surface area contributed by atoms with E-state index < -0.39 is 0 Å². The third kappa shape index (κ3) is 3.29. The third-order valence-electron chi connectivity index (χ3n) is 2.98. The number of hydrogen-bond acceptors (Lipinski definition) is 2. The predicted octanol–water partition coefficient (Wildman–Crippen LogP) is 1.24. The van der Waals surface area contributed by atoms with Gasteiger partial charge in [-0.25, -0.2) is 0 Å². The number of likely N-dealkylation sites (tertiary alicyclic amines) is 1. The Morgan fingerprint density at radius 2 is 2.29 bits per heavy atom. The normalized spacial score (nSPS) is 21.6. The molecule has 1 rings (SSSR count). The molecule has 1 saturated heterocycles. The fourth-order valence-electron chi connectivity index (χ4n) is 1.92. The molecule has 1 fully saturated rings. The summed E-state index contributed by atoms with van der Waals surface area (Å²) >= 11 is 0. The summed E-state index contributed by atoms with van der Waals surface area (Å²) in [5, 5.41) is 3.18. The highest BCUT2D eigenvalue weighted by Crippen LogP contribution is 2.19. The van der Waals surface area contributed by atoms with Crippen molar-refractivity contribution in [1.82, 2.24) is 10.2 Å². The van der Waals surface area contributed by atoms with E-state index in [9.17, 15) is 4.79 Å². The minimum atomic E-state index is 0.321. The van der Waals surface area contributed by atoms with E-state index in [4.69, 9.17) is 0 Å². The van der Waals surface area contributed by atoms with Gasteiger partial charge < -0.3 is 10.2 Å². The molecule has 3 heteroatoms. The number of hydrogen-bond donors (Lipinski definition) is 1. The first kappa shape index (κ1) is 11.5. The number of nitrogens with zero attached hydrogens (tertiary/aromatic N) is 1. The van der Waals surface area contributed by atoms with Gasteiger partial charge >= 0.3 is 0 Å². The Balaban J connectivity index is 2.18. The van der Waals surface area contributed by atoms with Crippen LogP contribution >= 0.6 is 0 Å². The number of nitrogens with one attached hydrogen (secondary N) is 1. The Morgan fingerprint density at radius 1 is 1.50 bits per heavy atom. The lowest BCUT2D eigenvalue weighted by Gasteiger charge is -2.16. The molecular weight excluding hydrogens is 176 g/mol. The van der Waals surface area contributed by atoms with Crippen molar-refractivity contribution in [2.45, 2.75) is 33.1 Å². The molecule has 3 nitrogen and oxygen atoms in total. The molecule has 0 radical (unpaired) electrons. The summed E-state index contributed by atoms with van der Waals surface area (Å²) in [5.41, 5.74) is 0. The van der Waals surface area contributed by atoms with Crippen molar-refractivity contribution in [3.63, 3.8) is 0 Å². The Labute approximate surface area is 86.9 Å². The van der Waals surface area contributed by atoms with Crippen molar-refractivity contribution < 1.29 is 4.79 Å². The lowest BCUT2D eigenvalue weighted by atomic mass is 10.1. The van der Waals surface area contributed by atoms with Crippen molar-refractivity contribution >= 4 is 5.91 Å². The molecule has 1 heterocycles. The fraction of sp³-hybridized carbons (Fsp3) is 0.909. The first-order valence-electron chi connectivity index (χ1n) is 5.76. The Morgan fingerprint density at radius 3 is 2.86 bits per heavy atom. The van der Waals surface area contributed by atoms with Gasteiger partial charge in [-0.1, -0.05) is 20.3 Å². The summed E-state index contributed by atoms with van der Waals surface area (Å²) in [7, 11) is 0. The van der Waals surface area contributed by atoms with Gasteiger partial charge in [0.15, 0.2) is 0 Å². The van der Waals surface area contributed by atoms with Gasteiger partial charge in [0.05, 0.1) is 0 Å². The van der Waals surface area contributed by atoms with Crippen LogP contribution in [0, 0.1) is 5.92 Å². The highest BCUT2D eigenvalue weighted by atomic mass is 16.2. The molecule has 1 aliphatic heterocycles. The highest BCUT2D eigenvalue weighted by Gasteiger charge is 2.24.